The molecular formula is C26H24. The molecule has 0 saturated carbocycles. The second-order valence-electron chi connectivity index (χ2n) is 7.92. The van der Waals surface area contributed by atoms with Gasteiger partial charge in [0.25, 0.3) is 0 Å². The molecule has 0 aromatic heterocycles. The molecule has 2 aromatic rings. The Balaban J connectivity index is 1.83. The van der Waals surface area contributed by atoms with Gasteiger partial charge in [-0.25, -0.2) is 0 Å². The van der Waals surface area contributed by atoms with Gasteiger partial charge in [0.1, 0.15) is 0 Å². The van der Waals surface area contributed by atoms with E-state index in [4.69, 9.17) is 0 Å². The van der Waals surface area contributed by atoms with Gasteiger partial charge in [-0.1, -0.05) is 96.1 Å². The summed E-state index contributed by atoms with van der Waals surface area (Å²) in [4.78, 5) is 0. The van der Waals surface area contributed by atoms with Gasteiger partial charge in [-0.15, -0.1) is 0 Å². The molecule has 5 rings (SSSR count). The third-order valence-electron chi connectivity index (χ3n) is 6.24. The summed E-state index contributed by atoms with van der Waals surface area (Å²) in [7, 11) is 0. The molecule has 0 N–H and O–H groups in total. The van der Waals surface area contributed by atoms with Crippen LogP contribution in [0.1, 0.15) is 35.4 Å². The lowest BCUT2D eigenvalue weighted by molar-refractivity contribution is 0.396. The van der Waals surface area contributed by atoms with E-state index in [-0.39, 0.29) is 0 Å². The second-order valence-corrected chi connectivity index (χ2v) is 7.92. The molecule has 3 aliphatic carbocycles. The second kappa shape index (κ2) is 5.99. The molecule has 0 nitrogen and oxygen atoms in total. The van der Waals surface area contributed by atoms with Crippen molar-refractivity contribution in [2.75, 3.05) is 0 Å². The maximum Gasteiger partial charge on any atom is 0.00963 e. The van der Waals surface area contributed by atoms with Crippen molar-refractivity contribution in [1.82, 2.24) is 0 Å². The van der Waals surface area contributed by atoms with Gasteiger partial charge in [0.05, 0.1) is 0 Å². The molecule has 0 bridgehead atoms. The zero-order valence-corrected chi connectivity index (χ0v) is 15.4. The molecule has 0 spiro atoms. The van der Waals surface area contributed by atoms with E-state index in [0.29, 0.717) is 23.7 Å². The van der Waals surface area contributed by atoms with Crippen molar-refractivity contribution in [2.24, 2.45) is 11.8 Å². The fraction of sp³-hybridized carbons (Fsp3) is 0.231. The Kier molecular flexibility index (Phi) is 3.60. The summed E-state index contributed by atoms with van der Waals surface area (Å²) in [5, 5.41) is 0. The van der Waals surface area contributed by atoms with Crippen LogP contribution in [0.2, 0.25) is 0 Å². The van der Waals surface area contributed by atoms with E-state index < -0.39 is 0 Å². The largest absolute Gasteiger partial charge is 0.0799 e. The fourth-order valence-electron chi connectivity index (χ4n) is 5.04. The number of hydrogen-bond donors (Lipinski definition) is 0. The van der Waals surface area contributed by atoms with E-state index in [1.54, 1.807) is 0 Å². The number of allylic oxidation sites excluding steroid dienone is 8. The quantitative estimate of drug-likeness (QED) is 0.501. The van der Waals surface area contributed by atoms with Crippen molar-refractivity contribution in [3.05, 3.63) is 107 Å². The molecule has 4 unspecified atom stereocenters. The Morgan fingerprint density at radius 1 is 0.692 bits per heavy atom. The minimum absolute atomic E-state index is 0.436. The molecular weight excluding hydrogens is 312 g/mol. The minimum atomic E-state index is 0.436. The van der Waals surface area contributed by atoms with Crippen LogP contribution in [0.15, 0.2) is 90.6 Å². The topological polar surface area (TPSA) is 0 Å². The van der Waals surface area contributed by atoms with Gasteiger partial charge in [0.15, 0.2) is 0 Å². The predicted molar refractivity (Wildman–Crippen MR) is 110 cm³/mol. The Hall–Kier alpha value is -2.60. The third-order valence-corrected chi connectivity index (χ3v) is 6.24. The molecule has 0 aliphatic heterocycles. The summed E-state index contributed by atoms with van der Waals surface area (Å²) in [5.41, 5.74) is 8.46. The number of fused-ring (bicyclic) bond motifs is 8. The van der Waals surface area contributed by atoms with Gasteiger partial charge >= 0.3 is 0 Å². The van der Waals surface area contributed by atoms with Gasteiger partial charge < -0.3 is 0 Å². The lowest BCUT2D eigenvalue weighted by atomic mass is 9.64. The molecule has 2 aromatic carbocycles. The van der Waals surface area contributed by atoms with Crippen LogP contribution in [0.25, 0.3) is 11.1 Å². The Morgan fingerprint density at radius 3 is 2.38 bits per heavy atom. The molecule has 4 atom stereocenters. The first-order valence-electron chi connectivity index (χ1n) is 9.64. The average molecular weight is 336 g/mol. The SMILES string of the molecule is CC1=CC2C(C=C1)c1ccc(C)cc1-c1ccccc1C1C=CC=CC12. The highest BCUT2D eigenvalue weighted by molar-refractivity contribution is 5.74. The zero-order chi connectivity index (χ0) is 17.7. The molecule has 0 saturated heterocycles. The summed E-state index contributed by atoms with van der Waals surface area (Å²) in [6.07, 6.45) is 16.5. The summed E-state index contributed by atoms with van der Waals surface area (Å²) in [5.74, 6) is 1.88. The van der Waals surface area contributed by atoms with Crippen LogP contribution in [0.5, 0.6) is 0 Å². The van der Waals surface area contributed by atoms with Crippen LogP contribution in [0.4, 0.5) is 0 Å². The molecule has 0 heteroatoms. The molecule has 0 fully saturated rings. The van der Waals surface area contributed by atoms with Gasteiger partial charge in [-0.3, -0.25) is 0 Å². The number of rotatable bonds is 0. The maximum absolute atomic E-state index is 2.50. The van der Waals surface area contributed by atoms with Gasteiger partial charge in [0.2, 0.25) is 0 Å². The molecule has 0 heterocycles. The Labute approximate surface area is 156 Å². The van der Waals surface area contributed by atoms with Crippen molar-refractivity contribution in [3.63, 3.8) is 0 Å². The van der Waals surface area contributed by atoms with Crippen molar-refractivity contribution < 1.29 is 0 Å². The molecule has 128 valence electrons. The highest BCUT2D eigenvalue weighted by atomic mass is 14.4. The Morgan fingerprint density at radius 2 is 1.46 bits per heavy atom. The first-order valence-corrected chi connectivity index (χ1v) is 9.64. The van der Waals surface area contributed by atoms with E-state index in [1.165, 1.54) is 33.4 Å². The summed E-state index contributed by atoms with van der Waals surface area (Å²) < 4.78 is 0. The third kappa shape index (κ3) is 2.36. The van der Waals surface area contributed by atoms with Crippen molar-refractivity contribution in [1.29, 1.82) is 0 Å². The van der Waals surface area contributed by atoms with Crippen LogP contribution in [-0.2, 0) is 0 Å². The lowest BCUT2D eigenvalue weighted by Gasteiger charge is -2.40. The van der Waals surface area contributed by atoms with Crippen LogP contribution < -0.4 is 0 Å². The van der Waals surface area contributed by atoms with Crippen molar-refractivity contribution in [2.45, 2.75) is 25.7 Å². The molecule has 3 aliphatic rings. The Bertz CT molecular complexity index is 983. The van der Waals surface area contributed by atoms with E-state index in [1.807, 2.05) is 0 Å². The van der Waals surface area contributed by atoms with Gasteiger partial charge in [-0.2, -0.15) is 0 Å². The fourth-order valence-corrected chi connectivity index (χ4v) is 5.04. The summed E-state index contributed by atoms with van der Waals surface area (Å²) in [6, 6.07) is 16.0. The standard InChI is InChI=1S/C26H24/c1-17-11-13-23-24-14-12-18(2)16-26(24)22-10-6-4-8-20(22)19-7-3-5-9-21(19)25(23)15-17/h3-16,19,21,23,25H,1-2H3. The number of benzene rings is 2. The van der Waals surface area contributed by atoms with Crippen LogP contribution in [0, 0.1) is 18.8 Å². The lowest BCUT2D eigenvalue weighted by Crippen LogP contribution is -2.28. The smallest absolute Gasteiger partial charge is 0.00963 e. The highest BCUT2D eigenvalue weighted by Crippen LogP contribution is 2.51. The number of hydrogen-bond acceptors (Lipinski definition) is 0. The van der Waals surface area contributed by atoms with Gasteiger partial charge in [0, 0.05) is 11.8 Å². The highest BCUT2D eigenvalue weighted by Gasteiger charge is 2.37. The van der Waals surface area contributed by atoms with E-state index in [2.05, 4.69) is 98.8 Å². The normalized spacial score (nSPS) is 28.2. The van der Waals surface area contributed by atoms with Crippen LogP contribution in [-0.4, -0.2) is 0 Å². The molecule has 0 radical (unpaired) electrons. The average Bonchev–Trinajstić information content (AvgIpc) is 2.67. The first kappa shape index (κ1) is 15.6. The molecule has 26 heavy (non-hydrogen) atoms. The van der Waals surface area contributed by atoms with Crippen LogP contribution >= 0.6 is 0 Å². The monoisotopic (exact) mass is 336 g/mol. The van der Waals surface area contributed by atoms with E-state index >= 15 is 0 Å². The number of aryl methyl sites for hydroxylation is 1. The maximum atomic E-state index is 2.50. The van der Waals surface area contributed by atoms with E-state index in [9.17, 15) is 0 Å². The minimum Gasteiger partial charge on any atom is -0.0799 e. The zero-order valence-electron chi connectivity index (χ0n) is 15.4. The predicted octanol–water partition coefficient (Wildman–Crippen LogP) is 6.72. The van der Waals surface area contributed by atoms with Crippen LogP contribution in [0.3, 0.4) is 0 Å². The van der Waals surface area contributed by atoms with Crippen molar-refractivity contribution >= 4 is 0 Å². The summed E-state index contributed by atoms with van der Waals surface area (Å²) >= 11 is 0. The first-order chi connectivity index (χ1) is 12.7. The summed E-state index contributed by atoms with van der Waals surface area (Å²) in [6.45, 7) is 4.43. The van der Waals surface area contributed by atoms with Crippen molar-refractivity contribution in [3.8, 4) is 11.1 Å². The van der Waals surface area contributed by atoms with E-state index in [0.717, 1.165) is 0 Å². The van der Waals surface area contributed by atoms with Gasteiger partial charge in [-0.05, 0) is 47.9 Å². The molecule has 0 amide bonds.